The number of anilines is 2. The number of hydrogen-bond donors (Lipinski definition) is 2. The van der Waals surface area contributed by atoms with Crippen molar-refractivity contribution in [1.29, 1.82) is 0 Å². The van der Waals surface area contributed by atoms with Gasteiger partial charge in [0.1, 0.15) is 6.26 Å². The van der Waals surface area contributed by atoms with Gasteiger partial charge in [-0.25, -0.2) is 0 Å². The minimum absolute atomic E-state index is 0.140. The van der Waals surface area contributed by atoms with E-state index in [1.165, 1.54) is 6.26 Å². The summed E-state index contributed by atoms with van der Waals surface area (Å²) in [6.45, 7) is 0.647. The molecule has 0 bridgehead atoms. The van der Waals surface area contributed by atoms with Crippen LogP contribution in [0.15, 0.2) is 65.4 Å². The SMILES string of the molecule is O=C(Cc1ccon1)Nc1cc(Cl)ccc1NCc1ccccc1. The van der Waals surface area contributed by atoms with Crippen LogP contribution < -0.4 is 10.6 Å². The normalized spacial score (nSPS) is 10.4. The molecule has 0 fully saturated rings. The number of amides is 1. The molecule has 3 aromatic rings. The maximum absolute atomic E-state index is 12.2. The fourth-order valence-corrected chi connectivity index (χ4v) is 2.43. The largest absolute Gasteiger partial charge is 0.379 e. The maximum atomic E-state index is 12.2. The molecule has 3 rings (SSSR count). The van der Waals surface area contributed by atoms with Crippen molar-refractivity contribution in [3.05, 3.63) is 77.1 Å². The van der Waals surface area contributed by atoms with Gasteiger partial charge >= 0.3 is 0 Å². The first-order chi connectivity index (χ1) is 11.7. The van der Waals surface area contributed by atoms with Gasteiger partial charge in [0.05, 0.1) is 23.5 Å². The van der Waals surface area contributed by atoms with Crippen molar-refractivity contribution >= 4 is 28.9 Å². The molecule has 0 aliphatic rings. The fourth-order valence-electron chi connectivity index (χ4n) is 2.25. The third-order valence-electron chi connectivity index (χ3n) is 3.41. The molecule has 6 heteroatoms. The number of carbonyl (C=O) groups is 1. The molecule has 0 saturated heterocycles. The quantitative estimate of drug-likeness (QED) is 0.707. The first kappa shape index (κ1) is 16.1. The van der Waals surface area contributed by atoms with E-state index in [9.17, 15) is 4.79 Å². The van der Waals surface area contributed by atoms with Gasteiger partial charge in [-0.1, -0.05) is 47.1 Å². The van der Waals surface area contributed by atoms with E-state index in [0.29, 0.717) is 22.9 Å². The molecule has 1 amide bonds. The zero-order valence-electron chi connectivity index (χ0n) is 12.8. The van der Waals surface area contributed by atoms with Gasteiger partial charge in [-0.15, -0.1) is 0 Å². The van der Waals surface area contributed by atoms with E-state index in [4.69, 9.17) is 16.1 Å². The van der Waals surface area contributed by atoms with E-state index in [1.807, 2.05) is 36.4 Å². The van der Waals surface area contributed by atoms with Crippen LogP contribution >= 0.6 is 11.6 Å². The third-order valence-corrected chi connectivity index (χ3v) is 3.65. The average Bonchev–Trinajstić information content (AvgIpc) is 3.08. The van der Waals surface area contributed by atoms with Crippen LogP contribution in [0.1, 0.15) is 11.3 Å². The van der Waals surface area contributed by atoms with Crippen LogP contribution in [-0.4, -0.2) is 11.1 Å². The minimum Gasteiger partial charge on any atom is -0.379 e. The maximum Gasteiger partial charge on any atom is 0.230 e. The summed E-state index contributed by atoms with van der Waals surface area (Å²) in [5.41, 5.74) is 3.16. The summed E-state index contributed by atoms with van der Waals surface area (Å²) in [6, 6.07) is 17.0. The Hall–Kier alpha value is -2.79. The predicted octanol–water partition coefficient (Wildman–Crippen LogP) is 4.12. The summed E-state index contributed by atoms with van der Waals surface area (Å²) in [5.74, 6) is -0.186. The molecule has 2 N–H and O–H groups in total. The Morgan fingerprint density at radius 3 is 2.67 bits per heavy atom. The van der Waals surface area contributed by atoms with Crippen molar-refractivity contribution in [3.8, 4) is 0 Å². The van der Waals surface area contributed by atoms with Gasteiger partial charge in [0.25, 0.3) is 0 Å². The molecule has 122 valence electrons. The second kappa shape index (κ2) is 7.66. The molecule has 2 aromatic carbocycles. The van der Waals surface area contributed by atoms with Crippen molar-refractivity contribution in [1.82, 2.24) is 5.16 Å². The molecule has 0 unspecified atom stereocenters. The Balaban J connectivity index is 1.69. The highest BCUT2D eigenvalue weighted by Crippen LogP contribution is 2.26. The number of benzene rings is 2. The molecular weight excluding hydrogens is 326 g/mol. The smallest absolute Gasteiger partial charge is 0.230 e. The summed E-state index contributed by atoms with van der Waals surface area (Å²) in [5, 5.41) is 10.5. The Kier molecular flexibility index (Phi) is 5.13. The van der Waals surface area contributed by atoms with Crippen molar-refractivity contribution in [2.45, 2.75) is 13.0 Å². The molecule has 1 aromatic heterocycles. The molecular formula is C18H16ClN3O2. The molecule has 0 radical (unpaired) electrons. The summed E-state index contributed by atoms with van der Waals surface area (Å²) < 4.78 is 4.73. The summed E-state index contributed by atoms with van der Waals surface area (Å²) in [6.07, 6.45) is 1.58. The molecule has 0 aliphatic heterocycles. The van der Waals surface area contributed by atoms with Crippen molar-refractivity contribution < 1.29 is 9.32 Å². The van der Waals surface area contributed by atoms with Crippen LogP contribution in [-0.2, 0) is 17.8 Å². The Bertz CT molecular complexity index is 804. The Morgan fingerprint density at radius 2 is 1.92 bits per heavy atom. The third kappa shape index (κ3) is 4.36. The number of carbonyl (C=O) groups excluding carboxylic acids is 1. The van der Waals surface area contributed by atoms with E-state index in [1.54, 1.807) is 18.2 Å². The number of hydrogen-bond acceptors (Lipinski definition) is 4. The van der Waals surface area contributed by atoms with Crippen LogP contribution in [0.3, 0.4) is 0 Å². The van der Waals surface area contributed by atoms with Crippen molar-refractivity contribution in [2.24, 2.45) is 0 Å². The highest BCUT2D eigenvalue weighted by Gasteiger charge is 2.10. The van der Waals surface area contributed by atoms with Gasteiger partial charge < -0.3 is 15.2 Å². The van der Waals surface area contributed by atoms with Crippen LogP contribution in [0, 0.1) is 0 Å². The highest BCUT2D eigenvalue weighted by atomic mass is 35.5. The van der Waals surface area contributed by atoms with Crippen LogP contribution in [0.2, 0.25) is 5.02 Å². The summed E-state index contributed by atoms with van der Waals surface area (Å²) >= 11 is 6.05. The lowest BCUT2D eigenvalue weighted by Crippen LogP contribution is -2.16. The number of halogens is 1. The zero-order valence-corrected chi connectivity index (χ0v) is 13.6. The number of nitrogens with one attached hydrogen (secondary N) is 2. The van der Waals surface area contributed by atoms with Gasteiger partial charge in [-0.3, -0.25) is 4.79 Å². The van der Waals surface area contributed by atoms with Gasteiger partial charge in [-0.05, 0) is 23.8 Å². The topological polar surface area (TPSA) is 67.2 Å². The van der Waals surface area contributed by atoms with E-state index >= 15 is 0 Å². The molecule has 24 heavy (non-hydrogen) atoms. The average molecular weight is 342 g/mol. The molecule has 0 spiro atoms. The first-order valence-corrected chi connectivity index (χ1v) is 7.85. The van der Waals surface area contributed by atoms with Gasteiger partial charge in [-0.2, -0.15) is 0 Å². The lowest BCUT2D eigenvalue weighted by Gasteiger charge is -2.13. The lowest BCUT2D eigenvalue weighted by molar-refractivity contribution is -0.115. The van der Waals surface area contributed by atoms with E-state index < -0.39 is 0 Å². The standard InChI is InChI=1S/C18H16ClN3O2/c19-14-6-7-16(20-12-13-4-2-1-3-5-13)17(10-14)21-18(23)11-15-8-9-24-22-15/h1-10,20H,11-12H2,(H,21,23). The molecule has 0 aliphatic carbocycles. The van der Waals surface area contributed by atoms with E-state index in [0.717, 1.165) is 11.3 Å². The molecule has 0 atom stereocenters. The first-order valence-electron chi connectivity index (χ1n) is 7.47. The van der Waals surface area contributed by atoms with Gasteiger partial charge in [0, 0.05) is 17.6 Å². The van der Waals surface area contributed by atoms with Crippen LogP contribution in [0.5, 0.6) is 0 Å². The molecule has 0 saturated carbocycles. The highest BCUT2D eigenvalue weighted by molar-refractivity contribution is 6.31. The van der Waals surface area contributed by atoms with Crippen LogP contribution in [0.4, 0.5) is 11.4 Å². The number of aromatic nitrogens is 1. The molecule has 1 heterocycles. The zero-order chi connectivity index (χ0) is 16.8. The second-order valence-corrected chi connectivity index (χ2v) is 5.68. The van der Waals surface area contributed by atoms with Crippen molar-refractivity contribution in [3.63, 3.8) is 0 Å². The fraction of sp³-hybridized carbons (Fsp3) is 0.111. The summed E-state index contributed by atoms with van der Waals surface area (Å²) in [4.78, 5) is 12.2. The number of rotatable bonds is 6. The lowest BCUT2D eigenvalue weighted by atomic mass is 10.2. The molecule has 5 nitrogen and oxygen atoms in total. The second-order valence-electron chi connectivity index (χ2n) is 5.24. The van der Waals surface area contributed by atoms with Gasteiger partial charge in [0.2, 0.25) is 5.91 Å². The van der Waals surface area contributed by atoms with E-state index in [2.05, 4.69) is 15.8 Å². The predicted molar refractivity (Wildman–Crippen MR) is 94.1 cm³/mol. The van der Waals surface area contributed by atoms with Crippen molar-refractivity contribution in [2.75, 3.05) is 10.6 Å². The Morgan fingerprint density at radius 1 is 1.08 bits per heavy atom. The Labute approximate surface area is 144 Å². The van der Waals surface area contributed by atoms with E-state index in [-0.39, 0.29) is 12.3 Å². The monoisotopic (exact) mass is 341 g/mol. The van der Waals surface area contributed by atoms with Gasteiger partial charge in [0.15, 0.2) is 0 Å². The minimum atomic E-state index is -0.186. The number of nitrogens with zero attached hydrogens (tertiary/aromatic N) is 1. The summed E-state index contributed by atoms with van der Waals surface area (Å²) in [7, 11) is 0. The van der Waals surface area contributed by atoms with Crippen LogP contribution in [0.25, 0.3) is 0 Å².